The lowest BCUT2D eigenvalue weighted by Gasteiger charge is -2.31. The van der Waals surface area contributed by atoms with Crippen LogP contribution in [0.5, 0.6) is 5.75 Å². The highest BCUT2D eigenvalue weighted by Gasteiger charge is 2.31. The molecule has 0 atom stereocenters. The van der Waals surface area contributed by atoms with Crippen LogP contribution in [-0.4, -0.2) is 49.3 Å². The second kappa shape index (κ2) is 9.78. The molecule has 9 nitrogen and oxygen atoms in total. The Morgan fingerprint density at radius 2 is 1.82 bits per heavy atom. The summed E-state index contributed by atoms with van der Waals surface area (Å²) in [6.45, 7) is 0.981. The Kier molecular flexibility index (Phi) is 6.24. The molecule has 5 aromatic rings. The molecule has 6 rings (SSSR count). The number of aryl methyl sites for hydroxylation is 1. The molecule has 1 aliphatic heterocycles. The van der Waals surface area contributed by atoms with E-state index in [1.54, 1.807) is 11.1 Å². The minimum Gasteiger partial charge on any atom is -0.406 e. The molecule has 0 unspecified atom stereocenters. The number of hydrogen-bond donors (Lipinski definition) is 2. The number of halogens is 3. The molecule has 3 N–H and O–H groups in total. The number of benzene rings is 2. The zero-order valence-electron chi connectivity index (χ0n) is 21.5. The first-order valence-corrected chi connectivity index (χ1v) is 12.8. The molecule has 1 fully saturated rings. The Labute approximate surface area is 227 Å². The van der Waals surface area contributed by atoms with E-state index in [1.807, 2.05) is 29.8 Å². The van der Waals surface area contributed by atoms with Crippen molar-refractivity contribution in [1.29, 1.82) is 0 Å². The Morgan fingerprint density at radius 3 is 2.52 bits per heavy atom. The van der Waals surface area contributed by atoms with Crippen LogP contribution in [0.15, 0.2) is 67.0 Å². The summed E-state index contributed by atoms with van der Waals surface area (Å²) in [6, 6.07) is 15.0. The molecule has 40 heavy (non-hydrogen) atoms. The predicted molar refractivity (Wildman–Crippen MR) is 145 cm³/mol. The highest BCUT2D eigenvalue weighted by atomic mass is 19.4. The number of nitrogens with two attached hydrogens (primary N) is 1. The topological polar surface area (TPSA) is 103 Å². The standard InChI is InChI=1S/C28H26F3N7O2/c1-36-21-5-3-2-4-18(21)16-22(36)23-24-25(32)33-12-15-38(24)26(35-23)17-10-13-37(14-11-17)27(39)34-19-6-8-20(9-7-19)40-28(29,30)31/h2-9,12,15-17H,10-11,13-14H2,1H3,(H2,32,33)(H,34,39). The molecule has 2 amide bonds. The number of urea groups is 1. The minimum absolute atomic E-state index is 0.0839. The summed E-state index contributed by atoms with van der Waals surface area (Å²) >= 11 is 0. The van der Waals surface area contributed by atoms with Gasteiger partial charge in [0.2, 0.25) is 0 Å². The normalized spacial score (nSPS) is 14.7. The third kappa shape index (κ3) is 4.76. The number of alkyl halides is 3. The summed E-state index contributed by atoms with van der Waals surface area (Å²) < 4.78 is 45.1. The molecule has 206 valence electrons. The van der Waals surface area contributed by atoms with Gasteiger partial charge in [0.05, 0.1) is 5.69 Å². The molecule has 0 spiro atoms. The van der Waals surface area contributed by atoms with Gasteiger partial charge in [0, 0.05) is 55.0 Å². The number of anilines is 2. The second-order valence-electron chi connectivity index (χ2n) is 9.76. The zero-order valence-corrected chi connectivity index (χ0v) is 21.5. The molecule has 1 aliphatic rings. The first-order valence-electron chi connectivity index (χ1n) is 12.8. The number of aromatic nitrogens is 4. The van der Waals surface area contributed by atoms with Gasteiger partial charge in [-0.2, -0.15) is 0 Å². The van der Waals surface area contributed by atoms with E-state index in [-0.39, 0.29) is 17.7 Å². The molecule has 0 aliphatic carbocycles. The van der Waals surface area contributed by atoms with Gasteiger partial charge < -0.3 is 25.3 Å². The van der Waals surface area contributed by atoms with E-state index in [0.29, 0.717) is 37.4 Å². The summed E-state index contributed by atoms with van der Waals surface area (Å²) in [4.78, 5) is 23.9. The smallest absolute Gasteiger partial charge is 0.406 e. The van der Waals surface area contributed by atoms with Gasteiger partial charge in [0.1, 0.15) is 28.6 Å². The van der Waals surface area contributed by atoms with Crippen molar-refractivity contribution < 1.29 is 22.7 Å². The molecule has 3 aromatic heterocycles. The number of nitrogen functional groups attached to an aromatic ring is 1. The van der Waals surface area contributed by atoms with Crippen molar-refractivity contribution in [1.82, 2.24) is 23.8 Å². The number of likely N-dealkylation sites (tertiary alicyclic amines) is 1. The first kappa shape index (κ1) is 25.5. The van der Waals surface area contributed by atoms with Gasteiger partial charge >= 0.3 is 12.4 Å². The second-order valence-corrected chi connectivity index (χ2v) is 9.76. The van der Waals surface area contributed by atoms with Crippen molar-refractivity contribution >= 4 is 34.0 Å². The van der Waals surface area contributed by atoms with Crippen molar-refractivity contribution in [3.63, 3.8) is 0 Å². The number of nitrogens with zero attached hydrogens (tertiary/aromatic N) is 5. The number of rotatable bonds is 4. The van der Waals surface area contributed by atoms with Gasteiger partial charge in [-0.15, -0.1) is 13.2 Å². The molecule has 0 bridgehead atoms. The van der Waals surface area contributed by atoms with Crippen molar-refractivity contribution in [2.45, 2.75) is 25.1 Å². The van der Waals surface area contributed by atoms with E-state index in [4.69, 9.17) is 10.7 Å². The number of hydrogen-bond acceptors (Lipinski definition) is 5. The highest BCUT2D eigenvalue weighted by molar-refractivity contribution is 5.92. The average molecular weight is 550 g/mol. The molecule has 4 heterocycles. The highest BCUT2D eigenvalue weighted by Crippen LogP contribution is 2.36. The molecule has 0 saturated carbocycles. The number of piperidine rings is 1. The fourth-order valence-electron chi connectivity index (χ4n) is 5.35. The van der Waals surface area contributed by atoms with E-state index in [1.165, 1.54) is 12.1 Å². The van der Waals surface area contributed by atoms with Gasteiger partial charge in [-0.05, 0) is 49.2 Å². The lowest BCUT2D eigenvalue weighted by molar-refractivity contribution is -0.274. The number of imidazole rings is 1. The van der Waals surface area contributed by atoms with E-state index in [2.05, 4.69) is 37.8 Å². The fraction of sp³-hybridized carbons (Fsp3) is 0.250. The third-order valence-electron chi connectivity index (χ3n) is 7.29. The van der Waals surface area contributed by atoms with Crippen molar-refractivity contribution in [2.24, 2.45) is 7.05 Å². The van der Waals surface area contributed by atoms with Crippen molar-refractivity contribution in [2.75, 3.05) is 24.1 Å². The van der Waals surface area contributed by atoms with Gasteiger partial charge in [-0.1, -0.05) is 18.2 Å². The van der Waals surface area contributed by atoms with E-state index in [9.17, 15) is 18.0 Å². The number of ether oxygens (including phenoxy) is 1. The lowest BCUT2D eigenvalue weighted by Crippen LogP contribution is -2.40. The van der Waals surface area contributed by atoms with Crippen LogP contribution in [0.2, 0.25) is 0 Å². The molecule has 2 aromatic carbocycles. The Bertz CT molecular complexity index is 1700. The van der Waals surface area contributed by atoms with Gasteiger partial charge in [0.25, 0.3) is 0 Å². The maximum atomic E-state index is 12.8. The van der Waals surface area contributed by atoms with E-state index in [0.717, 1.165) is 45.8 Å². The third-order valence-corrected chi connectivity index (χ3v) is 7.29. The molecule has 1 saturated heterocycles. The van der Waals surface area contributed by atoms with Crippen LogP contribution in [0, 0.1) is 0 Å². The van der Waals surface area contributed by atoms with E-state index >= 15 is 0 Å². The van der Waals surface area contributed by atoms with Crippen LogP contribution < -0.4 is 15.8 Å². The monoisotopic (exact) mass is 549 g/mol. The maximum Gasteiger partial charge on any atom is 0.573 e. The Morgan fingerprint density at radius 1 is 1.10 bits per heavy atom. The van der Waals surface area contributed by atoms with Crippen LogP contribution in [0.1, 0.15) is 24.6 Å². The van der Waals surface area contributed by atoms with Crippen molar-refractivity contribution in [3.05, 3.63) is 72.8 Å². The minimum atomic E-state index is -4.77. The summed E-state index contributed by atoms with van der Waals surface area (Å²) in [6.07, 6.45) is 0.119. The Balaban J connectivity index is 1.20. The Hall–Kier alpha value is -4.74. The van der Waals surface area contributed by atoms with Crippen LogP contribution in [-0.2, 0) is 7.05 Å². The lowest BCUT2D eigenvalue weighted by atomic mass is 9.96. The average Bonchev–Trinajstić information content (AvgIpc) is 3.48. The van der Waals surface area contributed by atoms with Crippen LogP contribution in [0.4, 0.5) is 29.5 Å². The fourth-order valence-corrected chi connectivity index (χ4v) is 5.35. The first-order chi connectivity index (χ1) is 19.2. The number of carbonyl (C=O) groups is 1. The van der Waals surface area contributed by atoms with Crippen LogP contribution in [0.25, 0.3) is 27.8 Å². The maximum absolute atomic E-state index is 12.8. The number of nitrogens with one attached hydrogen (secondary N) is 1. The molecule has 12 heteroatoms. The molecule has 0 radical (unpaired) electrons. The largest absolute Gasteiger partial charge is 0.573 e. The van der Waals surface area contributed by atoms with Crippen molar-refractivity contribution in [3.8, 4) is 17.1 Å². The predicted octanol–water partition coefficient (Wildman–Crippen LogP) is 5.78. The number of carbonyl (C=O) groups excluding carboxylic acids is 1. The van der Waals surface area contributed by atoms with Gasteiger partial charge in [-0.3, -0.25) is 4.40 Å². The molecular weight excluding hydrogens is 523 g/mol. The van der Waals surface area contributed by atoms with Crippen LogP contribution >= 0.6 is 0 Å². The number of fused-ring (bicyclic) bond motifs is 2. The van der Waals surface area contributed by atoms with Gasteiger partial charge in [0.15, 0.2) is 0 Å². The zero-order chi connectivity index (χ0) is 28.0. The summed E-state index contributed by atoms with van der Waals surface area (Å²) in [5.74, 6) is 0.993. The van der Waals surface area contributed by atoms with E-state index < -0.39 is 6.36 Å². The van der Waals surface area contributed by atoms with Crippen LogP contribution in [0.3, 0.4) is 0 Å². The molecular formula is C28H26F3N7O2. The van der Waals surface area contributed by atoms with Gasteiger partial charge in [-0.25, -0.2) is 14.8 Å². The summed E-state index contributed by atoms with van der Waals surface area (Å²) in [5.41, 5.74) is 10.3. The summed E-state index contributed by atoms with van der Waals surface area (Å²) in [5, 5.41) is 3.84. The quantitative estimate of drug-likeness (QED) is 0.296. The SMILES string of the molecule is Cn1c(-c2nc(C3CCN(C(=O)Nc4ccc(OC(F)(F)F)cc4)CC3)n3ccnc(N)c23)cc2ccccc21. The summed E-state index contributed by atoms with van der Waals surface area (Å²) in [7, 11) is 2.00. The number of amides is 2. The number of para-hydroxylation sites is 1.